The number of carbonyl (C=O) groups excluding carboxylic acids is 1. The standard InChI is InChI=1S/C14H9BrF2O2/c15-8-13(18)9-4-6-10(7-5-9)19-14-11(16)2-1-3-12(14)17/h1-7H,8H2. The van der Waals surface area contributed by atoms with Crippen LogP contribution in [0.25, 0.3) is 0 Å². The lowest BCUT2D eigenvalue weighted by molar-refractivity contribution is 0.102. The van der Waals surface area contributed by atoms with E-state index in [0.29, 0.717) is 5.56 Å². The number of halogens is 3. The molecule has 0 aliphatic carbocycles. The second kappa shape index (κ2) is 5.93. The van der Waals surface area contributed by atoms with Gasteiger partial charge in [-0.3, -0.25) is 4.79 Å². The van der Waals surface area contributed by atoms with Crippen LogP contribution < -0.4 is 4.74 Å². The molecule has 0 radical (unpaired) electrons. The van der Waals surface area contributed by atoms with Crippen molar-refractivity contribution in [2.45, 2.75) is 0 Å². The van der Waals surface area contributed by atoms with E-state index >= 15 is 0 Å². The van der Waals surface area contributed by atoms with Gasteiger partial charge in [0.05, 0.1) is 5.33 Å². The molecule has 0 spiro atoms. The van der Waals surface area contributed by atoms with Crippen molar-refractivity contribution in [3.8, 4) is 11.5 Å². The van der Waals surface area contributed by atoms with Crippen LogP contribution in [0.3, 0.4) is 0 Å². The van der Waals surface area contributed by atoms with Crippen molar-refractivity contribution in [2.24, 2.45) is 0 Å². The molecule has 0 saturated carbocycles. The minimum absolute atomic E-state index is 0.0800. The number of alkyl halides is 1. The zero-order valence-corrected chi connectivity index (χ0v) is 11.3. The summed E-state index contributed by atoms with van der Waals surface area (Å²) in [7, 11) is 0. The summed E-state index contributed by atoms with van der Waals surface area (Å²) in [5, 5.41) is 0.217. The van der Waals surface area contributed by atoms with Crippen LogP contribution in [0.4, 0.5) is 8.78 Å². The van der Waals surface area contributed by atoms with Crippen LogP contribution in [0.5, 0.6) is 11.5 Å². The zero-order chi connectivity index (χ0) is 13.8. The van der Waals surface area contributed by atoms with Crippen molar-refractivity contribution in [1.29, 1.82) is 0 Å². The summed E-state index contributed by atoms with van der Waals surface area (Å²) in [6, 6.07) is 9.54. The quantitative estimate of drug-likeness (QED) is 0.617. The number of para-hydroxylation sites is 1. The first-order valence-electron chi connectivity index (χ1n) is 5.43. The van der Waals surface area contributed by atoms with Crippen molar-refractivity contribution in [2.75, 3.05) is 5.33 Å². The Balaban J connectivity index is 2.22. The highest BCUT2D eigenvalue weighted by atomic mass is 79.9. The first-order valence-corrected chi connectivity index (χ1v) is 6.55. The summed E-state index contributed by atoms with van der Waals surface area (Å²) in [5.41, 5.74) is 0.498. The van der Waals surface area contributed by atoms with Crippen LogP contribution in [-0.4, -0.2) is 11.1 Å². The van der Waals surface area contributed by atoms with Crippen molar-refractivity contribution >= 4 is 21.7 Å². The van der Waals surface area contributed by atoms with Gasteiger partial charge in [0.1, 0.15) is 5.75 Å². The Bertz CT molecular complexity index is 577. The summed E-state index contributed by atoms with van der Waals surface area (Å²) < 4.78 is 31.9. The summed E-state index contributed by atoms with van der Waals surface area (Å²) in [6.45, 7) is 0. The molecule has 0 aliphatic heterocycles. The summed E-state index contributed by atoms with van der Waals surface area (Å²) in [6.07, 6.45) is 0. The SMILES string of the molecule is O=C(CBr)c1ccc(Oc2c(F)cccc2F)cc1. The van der Waals surface area contributed by atoms with E-state index in [4.69, 9.17) is 4.74 Å². The number of Topliss-reactive ketones (excluding diaryl/α,β-unsaturated/α-hetero) is 1. The monoisotopic (exact) mass is 326 g/mol. The van der Waals surface area contributed by atoms with Gasteiger partial charge in [-0.2, -0.15) is 0 Å². The van der Waals surface area contributed by atoms with Gasteiger partial charge >= 0.3 is 0 Å². The Hall–Kier alpha value is -1.75. The average Bonchev–Trinajstić information content (AvgIpc) is 2.43. The van der Waals surface area contributed by atoms with Crippen molar-refractivity contribution in [3.63, 3.8) is 0 Å². The molecule has 2 aromatic rings. The highest BCUT2D eigenvalue weighted by Crippen LogP contribution is 2.27. The van der Waals surface area contributed by atoms with Crippen LogP contribution in [0, 0.1) is 11.6 Å². The number of hydrogen-bond donors (Lipinski definition) is 0. The molecular weight excluding hydrogens is 318 g/mol. The maximum atomic E-state index is 13.4. The van der Waals surface area contributed by atoms with E-state index in [0.717, 1.165) is 12.1 Å². The summed E-state index contributed by atoms with van der Waals surface area (Å²) >= 11 is 3.06. The molecular formula is C14H9BrF2O2. The lowest BCUT2D eigenvalue weighted by Crippen LogP contribution is -1.99. The molecule has 0 N–H and O–H groups in total. The maximum Gasteiger partial charge on any atom is 0.198 e. The third-order valence-electron chi connectivity index (χ3n) is 2.44. The van der Waals surface area contributed by atoms with E-state index in [-0.39, 0.29) is 16.9 Å². The number of rotatable bonds is 4. The molecule has 2 aromatic carbocycles. The van der Waals surface area contributed by atoms with Crippen molar-refractivity contribution in [1.82, 2.24) is 0 Å². The summed E-state index contributed by atoms with van der Waals surface area (Å²) in [4.78, 5) is 11.4. The predicted molar refractivity (Wildman–Crippen MR) is 71.0 cm³/mol. The van der Waals surface area contributed by atoms with Crippen molar-refractivity contribution < 1.29 is 18.3 Å². The minimum atomic E-state index is -0.777. The Morgan fingerprint density at radius 1 is 1.05 bits per heavy atom. The number of ketones is 1. The van der Waals surface area contributed by atoms with Crippen LogP contribution in [0.2, 0.25) is 0 Å². The van der Waals surface area contributed by atoms with Crippen LogP contribution in [0.1, 0.15) is 10.4 Å². The largest absolute Gasteiger partial charge is 0.451 e. The molecule has 5 heteroatoms. The minimum Gasteiger partial charge on any atom is -0.451 e. The molecule has 0 fully saturated rings. The average molecular weight is 327 g/mol. The number of hydrogen-bond acceptors (Lipinski definition) is 2. The molecule has 98 valence electrons. The van der Waals surface area contributed by atoms with Gasteiger partial charge in [0.25, 0.3) is 0 Å². The van der Waals surface area contributed by atoms with Crippen LogP contribution in [-0.2, 0) is 0 Å². The highest BCUT2D eigenvalue weighted by Gasteiger charge is 2.11. The highest BCUT2D eigenvalue weighted by molar-refractivity contribution is 9.09. The second-order valence-corrected chi connectivity index (χ2v) is 4.29. The first-order chi connectivity index (χ1) is 9.11. The van der Waals surface area contributed by atoms with Crippen LogP contribution in [0.15, 0.2) is 42.5 Å². The molecule has 0 aromatic heterocycles. The predicted octanol–water partition coefficient (Wildman–Crippen LogP) is 4.33. The Labute approximate surface area is 117 Å². The number of ether oxygens (including phenoxy) is 1. The molecule has 0 heterocycles. The second-order valence-electron chi connectivity index (χ2n) is 3.73. The molecule has 2 nitrogen and oxygen atoms in total. The van der Waals surface area contributed by atoms with E-state index in [1.807, 2.05) is 0 Å². The van der Waals surface area contributed by atoms with E-state index < -0.39 is 17.4 Å². The lowest BCUT2D eigenvalue weighted by atomic mass is 10.1. The molecule has 19 heavy (non-hydrogen) atoms. The van der Waals surface area contributed by atoms with E-state index in [2.05, 4.69) is 15.9 Å². The van der Waals surface area contributed by atoms with Gasteiger partial charge in [0.15, 0.2) is 23.2 Å². The van der Waals surface area contributed by atoms with Gasteiger partial charge in [-0.05, 0) is 36.4 Å². The molecule has 0 amide bonds. The molecule has 0 bridgehead atoms. The van der Waals surface area contributed by atoms with Gasteiger partial charge in [-0.25, -0.2) is 8.78 Å². The number of carbonyl (C=O) groups is 1. The fourth-order valence-corrected chi connectivity index (χ4v) is 1.81. The smallest absolute Gasteiger partial charge is 0.198 e. The molecule has 2 rings (SSSR count). The Morgan fingerprint density at radius 3 is 2.16 bits per heavy atom. The molecule has 0 saturated heterocycles. The summed E-state index contributed by atoms with van der Waals surface area (Å²) in [5.74, 6) is -1.83. The maximum absolute atomic E-state index is 13.4. The Kier molecular flexibility index (Phi) is 4.27. The van der Waals surface area contributed by atoms with Gasteiger partial charge in [-0.1, -0.05) is 22.0 Å². The van der Waals surface area contributed by atoms with Gasteiger partial charge in [-0.15, -0.1) is 0 Å². The third-order valence-corrected chi connectivity index (χ3v) is 2.95. The van der Waals surface area contributed by atoms with Crippen LogP contribution >= 0.6 is 15.9 Å². The fraction of sp³-hybridized carbons (Fsp3) is 0.0714. The topological polar surface area (TPSA) is 26.3 Å². The van der Waals surface area contributed by atoms with E-state index in [1.165, 1.54) is 30.3 Å². The third kappa shape index (κ3) is 3.17. The normalized spacial score (nSPS) is 10.3. The van der Waals surface area contributed by atoms with Gasteiger partial charge in [0, 0.05) is 5.56 Å². The van der Waals surface area contributed by atoms with E-state index in [9.17, 15) is 13.6 Å². The van der Waals surface area contributed by atoms with Crippen molar-refractivity contribution in [3.05, 3.63) is 59.7 Å². The Morgan fingerprint density at radius 2 is 1.63 bits per heavy atom. The van der Waals surface area contributed by atoms with Gasteiger partial charge in [0.2, 0.25) is 0 Å². The lowest BCUT2D eigenvalue weighted by Gasteiger charge is -2.08. The molecule has 0 atom stereocenters. The fourth-order valence-electron chi connectivity index (χ4n) is 1.48. The number of benzene rings is 2. The zero-order valence-electron chi connectivity index (χ0n) is 9.70. The first kappa shape index (κ1) is 13.7. The molecule has 0 unspecified atom stereocenters. The van der Waals surface area contributed by atoms with E-state index in [1.54, 1.807) is 0 Å². The molecule has 0 aliphatic rings. The van der Waals surface area contributed by atoms with Gasteiger partial charge < -0.3 is 4.74 Å².